The zero-order valence-corrected chi connectivity index (χ0v) is 11.6. The molecular weight excluding hydrogens is 270 g/mol. The summed E-state index contributed by atoms with van der Waals surface area (Å²) in [6, 6.07) is 1.82. The van der Waals surface area contributed by atoms with Crippen LogP contribution < -0.4 is 10.1 Å². The van der Waals surface area contributed by atoms with Crippen LogP contribution in [0.5, 0.6) is 5.75 Å². The number of imidazole rings is 1. The third kappa shape index (κ3) is 2.64. The Morgan fingerprint density at radius 3 is 2.76 bits per heavy atom. The first-order chi connectivity index (χ1) is 10.3. The van der Waals surface area contributed by atoms with Crippen LogP contribution in [0.25, 0.3) is 17.3 Å². The lowest BCUT2D eigenvalue weighted by Crippen LogP contribution is -2.07. The van der Waals surface area contributed by atoms with Crippen molar-refractivity contribution in [3.05, 3.63) is 37.2 Å². The number of nitrogens with zero attached hydrogens (tertiary/aromatic N) is 6. The van der Waals surface area contributed by atoms with E-state index in [0.717, 1.165) is 5.56 Å². The van der Waals surface area contributed by atoms with Crippen molar-refractivity contribution in [2.24, 2.45) is 0 Å². The Hall–Kier alpha value is -3.03. The lowest BCUT2D eigenvalue weighted by atomic mass is 10.2. The van der Waals surface area contributed by atoms with E-state index in [1.165, 1.54) is 0 Å². The van der Waals surface area contributed by atoms with E-state index in [4.69, 9.17) is 4.74 Å². The molecule has 0 fully saturated rings. The van der Waals surface area contributed by atoms with E-state index in [0.29, 0.717) is 23.5 Å². The fourth-order valence-corrected chi connectivity index (χ4v) is 1.75. The standard InChI is InChI=1S/C13H13N7O/c1-14-12-17-11(9-5-10(21-2)7-16-6-9)18-13(19-12)20-4-3-15-8-20/h3-8H,1-2H3,(H,14,17,18,19). The Bertz CT molecular complexity index is 742. The molecule has 3 aromatic rings. The van der Waals surface area contributed by atoms with E-state index in [1.54, 1.807) is 49.8 Å². The van der Waals surface area contributed by atoms with Crippen LogP contribution in [0.15, 0.2) is 37.2 Å². The Balaban J connectivity index is 2.11. The molecule has 0 saturated heterocycles. The van der Waals surface area contributed by atoms with Gasteiger partial charge in [-0.3, -0.25) is 9.55 Å². The van der Waals surface area contributed by atoms with Crippen LogP contribution in [0.3, 0.4) is 0 Å². The first-order valence-corrected chi connectivity index (χ1v) is 6.21. The molecule has 3 heterocycles. The summed E-state index contributed by atoms with van der Waals surface area (Å²) in [5.41, 5.74) is 0.745. The molecule has 1 N–H and O–H groups in total. The maximum absolute atomic E-state index is 5.17. The molecule has 8 nitrogen and oxygen atoms in total. The zero-order valence-electron chi connectivity index (χ0n) is 11.6. The highest BCUT2D eigenvalue weighted by atomic mass is 16.5. The largest absolute Gasteiger partial charge is 0.495 e. The summed E-state index contributed by atoms with van der Waals surface area (Å²) in [4.78, 5) is 21.2. The van der Waals surface area contributed by atoms with Crippen LogP contribution >= 0.6 is 0 Å². The zero-order chi connectivity index (χ0) is 14.7. The van der Waals surface area contributed by atoms with Crippen LogP contribution in [0, 0.1) is 0 Å². The molecule has 0 atom stereocenters. The van der Waals surface area contributed by atoms with Gasteiger partial charge in [-0.15, -0.1) is 0 Å². The molecule has 8 heteroatoms. The van der Waals surface area contributed by atoms with Crippen molar-refractivity contribution in [1.82, 2.24) is 29.5 Å². The molecule has 0 bridgehead atoms. The van der Waals surface area contributed by atoms with Crippen molar-refractivity contribution in [1.29, 1.82) is 0 Å². The number of methoxy groups -OCH3 is 1. The van der Waals surface area contributed by atoms with Gasteiger partial charge in [-0.2, -0.15) is 15.0 Å². The predicted octanol–water partition coefficient (Wildman–Crippen LogP) is 1.17. The molecule has 3 rings (SSSR count). The molecule has 0 aliphatic rings. The SMILES string of the molecule is CNc1nc(-c2cncc(OC)c2)nc(-n2ccnc2)n1. The third-order valence-electron chi connectivity index (χ3n) is 2.79. The number of anilines is 1. The van der Waals surface area contributed by atoms with Gasteiger partial charge in [-0.1, -0.05) is 0 Å². The Labute approximate surface area is 120 Å². The second-order valence-corrected chi connectivity index (χ2v) is 4.12. The first kappa shape index (κ1) is 13.0. The minimum atomic E-state index is 0.464. The van der Waals surface area contributed by atoms with Crippen molar-refractivity contribution in [3.63, 3.8) is 0 Å². The van der Waals surface area contributed by atoms with Gasteiger partial charge in [0.15, 0.2) is 5.82 Å². The summed E-state index contributed by atoms with van der Waals surface area (Å²) in [6.07, 6.45) is 8.36. The first-order valence-electron chi connectivity index (χ1n) is 6.21. The maximum atomic E-state index is 5.17. The van der Waals surface area contributed by atoms with Gasteiger partial charge < -0.3 is 10.1 Å². The molecule has 0 aromatic carbocycles. The second-order valence-electron chi connectivity index (χ2n) is 4.12. The minimum absolute atomic E-state index is 0.464. The maximum Gasteiger partial charge on any atom is 0.240 e. The molecular formula is C13H13N7O. The summed E-state index contributed by atoms with van der Waals surface area (Å²) < 4.78 is 6.88. The Kier molecular flexibility index (Phi) is 3.42. The average Bonchev–Trinajstić information content (AvgIpc) is 3.09. The highest BCUT2D eigenvalue weighted by molar-refractivity contribution is 5.57. The smallest absolute Gasteiger partial charge is 0.240 e. The van der Waals surface area contributed by atoms with Crippen LogP contribution in [0.2, 0.25) is 0 Å². The molecule has 3 aromatic heterocycles. The van der Waals surface area contributed by atoms with E-state index in [-0.39, 0.29) is 0 Å². The molecule has 0 amide bonds. The van der Waals surface area contributed by atoms with Gasteiger partial charge in [0.25, 0.3) is 0 Å². The van der Waals surface area contributed by atoms with Gasteiger partial charge in [-0.25, -0.2) is 4.98 Å². The van der Waals surface area contributed by atoms with Gasteiger partial charge in [0, 0.05) is 31.2 Å². The van der Waals surface area contributed by atoms with Crippen molar-refractivity contribution in [2.45, 2.75) is 0 Å². The van der Waals surface area contributed by atoms with Gasteiger partial charge in [0.2, 0.25) is 11.9 Å². The number of hydrogen-bond acceptors (Lipinski definition) is 7. The predicted molar refractivity (Wildman–Crippen MR) is 76.3 cm³/mol. The molecule has 21 heavy (non-hydrogen) atoms. The molecule has 0 saturated carbocycles. The Morgan fingerprint density at radius 1 is 1.14 bits per heavy atom. The topological polar surface area (TPSA) is 90.6 Å². The normalized spacial score (nSPS) is 10.4. The van der Waals surface area contributed by atoms with Gasteiger partial charge in [0.1, 0.15) is 12.1 Å². The lowest BCUT2D eigenvalue weighted by molar-refractivity contribution is 0.413. The third-order valence-corrected chi connectivity index (χ3v) is 2.79. The lowest BCUT2D eigenvalue weighted by Gasteiger charge is -2.07. The molecule has 0 aliphatic heterocycles. The summed E-state index contributed by atoms with van der Waals surface area (Å²) in [5, 5.41) is 2.92. The van der Waals surface area contributed by atoms with E-state index < -0.39 is 0 Å². The van der Waals surface area contributed by atoms with Gasteiger partial charge in [0.05, 0.1) is 13.3 Å². The van der Waals surface area contributed by atoms with E-state index in [9.17, 15) is 0 Å². The number of hydrogen-bond donors (Lipinski definition) is 1. The quantitative estimate of drug-likeness (QED) is 0.768. The number of aromatic nitrogens is 6. The van der Waals surface area contributed by atoms with E-state index >= 15 is 0 Å². The minimum Gasteiger partial charge on any atom is -0.495 e. The van der Waals surface area contributed by atoms with Crippen molar-refractivity contribution < 1.29 is 4.74 Å². The molecule has 0 radical (unpaired) electrons. The van der Waals surface area contributed by atoms with Crippen molar-refractivity contribution >= 4 is 5.95 Å². The molecule has 0 unspecified atom stereocenters. The number of pyridine rings is 1. The van der Waals surface area contributed by atoms with E-state index in [1.807, 2.05) is 6.07 Å². The summed E-state index contributed by atoms with van der Waals surface area (Å²) in [5.74, 6) is 2.09. The van der Waals surface area contributed by atoms with Gasteiger partial charge in [-0.05, 0) is 6.07 Å². The van der Waals surface area contributed by atoms with Gasteiger partial charge >= 0.3 is 0 Å². The van der Waals surface area contributed by atoms with Crippen LogP contribution in [-0.4, -0.2) is 43.6 Å². The number of nitrogens with one attached hydrogen (secondary N) is 1. The van der Waals surface area contributed by atoms with E-state index in [2.05, 4.69) is 30.2 Å². The fraction of sp³-hybridized carbons (Fsp3) is 0.154. The molecule has 0 spiro atoms. The highest BCUT2D eigenvalue weighted by Crippen LogP contribution is 2.20. The average molecular weight is 283 g/mol. The number of rotatable bonds is 4. The highest BCUT2D eigenvalue weighted by Gasteiger charge is 2.10. The Morgan fingerprint density at radius 2 is 2.05 bits per heavy atom. The second kappa shape index (κ2) is 5.53. The molecule has 0 aliphatic carbocycles. The van der Waals surface area contributed by atoms with Crippen LogP contribution in [-0.2, 0) is 0 Å². The summed E-state index contributed by atoms with van der Waals surface area (Å²) >= 11 is 0. The fourth-order valence-electron chi connectivity index (χ4n) is 1.75. The number of ether oxygens (including phenoxy) is 1. The van der Waals surface area contributed by atoms with Crippen molar-refractivity contribution in [3.8, 4) is 23.1 Å². The monoisotopic (exact) mass is 283 g/mol. The summed E-state index contributed by atoms with van der Waals surface area (Å²) in [6.45, 7) is 0. The van der Waals surface area contributed by atoms with Crippen molar-refractivity contribution in [2.75, 3.05) is 19.5 Å². The van der Waals surface area contributed by atoms with Crippen LogP contribution in [0.1, 0.15) is 0 Å². The molecule has 106 valence electrons. The van der Waals surface area contributed by atoms with Crippen LogP contribution in [0.4, 0.5) is 5.95 Å². The summed E-state index contributed by atoms with van der Waals surface area (Å²) in [7, 11) is 3.34.